The Kier molecular flexibility index (Phi) is 8.49. The van der Waals surface area contributed by atoms with Crippen molar-refractivity contribution in [1.82, 2.24) is 8.96 Å². The van der Waals surface area contributed by atoms with Gasteiger partial charge in [-0.25, -0.2) is 0 Å². The van der Waals surface area contributed by atoms with E-state index in [4.69, 9.17) is 8.83 Å². The minimum absolute atomic E-state index is 0.0870. The van der Waals surface area contributed by atoms with E-state index in [9.17, 15) is 0 Å². The Balaban J connectivity index is 0.783. The Morgan fingerprint density at radius 2 is 0.830 bits per heavy atom. The SMILES string of the molecule is c1ccc2cc(N3c4cc5occc5c5c4B(c4c3ccc3ccccc43)n3c4ccccc4c4cc(-c6ccc7ccc(N8c9cc%10ccccc%10cc9B9c%10c8cc8occc8c%10-c8cccc%10c%11ccccc%11n9c8%10)cc7c6)cc-5c43)ccc2c1. The van der Waals surface area contributed by atoms with Gasteiger partial charge < -0.3 is 27.6 Å². The first-order chi connectivity index (χ1) is 43.6. The molecular formula is C80H44B2N4O2. The largest absolute Gasteiger partial charge is 0.464 e. The summed E-state index contributed by atoms with van der Waals surface area (Å²) in [5.41, 5.74) is 25.9. The fourth-order valence-electron chi connectivity index (χ4n) is 16.9. The summed E-state index contributed by atoms with van der Waals surface area (Å²) >= 11 is 0. The monoisotopic (exact) mass is 1110 g/mol. The smallest absolute Gasteiger partial charge is 0.333 e. The van der Waals surface area contributed by atoms with Crippen molar-refractivity contribution < 1.29 is 8.83 Å². The van der Waals surface area contributed by atoms with Crippen LogP contribution in [0.4, 0.5) is 34.1 Å². The summed E-state index contributed by atoms with van der Waals surface area (Å²) in [4.78, 5) is 5.04. The molecule has 0 unspecified atom stereocenters. The highest BCUT2D eigenvalue weighted by atomic mass is 16.3. The fourth-order valence-corrected chi connectivity index (χ4v) is 16.9. The number of fused-ring (bicyclic) bond motifs is 23. The summed E-state index contributed by atoms with van der Waals surface area (Å²) in [6, 6.07) is 95.9. The highest BCUT2D eigenvalue weighted by molar-refractivity contribution is 6.92. The molecule has 0 saturated heterocycles. The van der Waals surface area contributed by atoms with Crippen LogP contribution in [0.5, 0.6) is 0 Å². The molecule has 8 heterocycles. The van der Waals surface area contributed by atoms with Crippen molar-refractivity contribution >= 4 is 178 Å². The van der Waals surface area contributed by atoms with E-state index in [1.54, 1.807) is 0 Å². The number of para-hydroxylation sites is 3. The molecule has 18 aromatic rings. The highest BCUT2D eigenvalue weighted by Crippen LogP contribution is 2.52. The van der Waals surface area contributed by atoms with Crippen molar-refractivity contribution in [2.75, 3.05) is 9.80 Å². The van der Waals surface area contributed by atoms with Crippen molar-refractivity contribution in [3.8, 4) is 33.4 Å². The summed E-state index contributed by atoms with van der Waals surface area (Å²) in [6.45, 7) is -0.219. The van der Waals surface area contributed by atoms with Crippen molar-refractivity contribution in [1.29, 1.82) is 0 Å². The van der Waals surface area contributed by atoms with Gasteiger partial charge in [-0.3, -0.25) is 0 Å². The van der Waals surface area contributed by atoms with Crippen LogP contribution in [-0.4, -0.2) is 22.7 Å². The van der Waals surface area contributed by atoms with Crippen molar-refractivity contribution in [3.63, 3.8) is 0 Å². The first-order valence-corrected chi connectivity index (χ1v) is 30.5. The molecule has 4 aromatic heterocycles. The second kappa shape index (κ2) is 16.3. The van der Waals surface area contributed by atoms with Gasteiger partial charge in [0.2, 0.25) is 0 Å². The van der Waals surface area contributed by atoms with Gasteiger partial charge in [0.1, 0.15) is 11.2 Å². The molecular weight excluding hydrogens is 1070 g/mol. The minimum Gasteiger partial charge on any atom is -0.464 e. The Hall–Kier alpha value is -11.5. The molecule has 0 N–H and O–H groups in total. The second-order valence-corrected chi connectivity index (χ2v) is 24.7. The molecule has 0 atom stereocenters. The van der Waals surface area contributed by atoms with E-state index in [0.29, 0.717) is 0 Å². The van der Waals surface area contributed by atoms with E-state index in [1.807, 2.05) is 12.5 Å². The van der Waals surface area contributed by atoms with E-state index < -0.39 is 0 Å². The van der Waals surface area contributed by atoms with Crippen LogP contribution in [0.1, 0.15) is 0 Å². The summed E-state index contributed by atoms with van der Waals surface area (Å²) < 4.78 is 18.4. The Labute approximate surface area is 503 Å². The summed E-state index contributed by atoms with van der Waals surface area (Å²) in [6.07, 6.45) is 3.74. The highest BCUT2D eigenvalue weighted by Gasteiger charge is 2.47. The molecule has 0 bridgehead atoms. The number of rotatable bonds is 3. The molecule has 0 saturated carbocycles. The van der Waals surface area contributed by atoms with Crippen LogP contribution >= 0.6 is 0 Å². The third-order valence-electron chi connectivity index (χ3n) is 20.5. The predicted octanol–water partition coefficient (Wildman–Crippen LogP) is 18.5. The summed E-state index contributed by atoms with van der Waals surface area (Å²) in [5, 5.41) is 16.9. The Morgan fingerprint density at radius 3 is 1.58 bits per heavy atom. The topological polar surface area (TPSA) is 42.6 Å². The lowest BCUT2D eigenvalue weighted by Crippen LogP contribution is -2.57. The third-order valence-corrected chi connectivity index (χ3v) is 20.5. The number of anilines is 6. The molecule has 22 rings (SSSR count). The van der Waals surface area contributed by atoms with Gasteiger partial charge in [-0.15, -0.1) is 0 Å². The number of furan rings is 2. The number of hydrogen-bond acceptors (Lipinski definition) is 4. The zero-order valence-corrected chi connectivity index (χ0v) is 47.2. The van der Waals surface area contributed by atoms with Crippen molar-refractivity contribution in [2.24, 2.45) is 0 Å². The van der Waals surface area contributed by atoms with E-state index >= 15 is 0 Å². The van der Waals surface area contributed by atoms with Crippen molar-refractivity contribution in [3.05, 3.63) is 267 Å². The maximum Gasteiger partial charge on any atom is 0.333 e. The van der Waals surface area contributed by atoms with Gasteiger partial charge in [0.05, 0.1) is 12.5 Å². The van der Waals surface area contributed by atoms with Crippen LogP contribution in [0.15, 0.2) is 276 Å². The number of benzene rings is 14. The lowest BCUT2D eigenvalue weighted by atomic mass is 9.44. The molecule has 0 amide bonds. The normalized spacial score (nSPS) is 13.6. The molecule has 6 nitrogen and oxygen atoms in total. The fraction of sp³-hybridized carbons (Fsp3) is 0. The Bertz CT molecular complexity index is 6260. The van der Waals surface area contributed by atoms with Gasteiger partial charge in [-0.2, -0.15) is 0 Å². The van der Waals surface area contributed by atoms with Crippen LogP contribution in [0.2, 0.25) is 0 Å². The average molecular weight is 1110 g/mol. The van der Waals surface area contributed by atoms with Gasteiger partial charge in [0.25, 0.3) is 0 Å². The summed E-state index contributed by atoms with van der Waals surface area (Å²) in [7, 11) is 0. The number of nitrogens with zero attached hydrogens (tertiary/aromatic N) is 4. The molecule has 0 radical (unpaired) electrons. The van der Waals surface area contributed by atoms with Gasteiger partial charge in [0.15, 0.2) is 0 Å². The van der Waals surface area contributed by atoms with Gasteiger partial charge in [-0.1, -0.05) is 164 Å². The van der Waals surface area contributed by atoms with Crippen LogP contribution in [0, 0.1) is 0 Å². The lowest BCUT2D eigenvalue weighted by Gasteiger charge is -2.41. The van der Waals surface area contributed by atoms with Gasteiger partial charge >= 0.3 is 13.7 Å². The maximum absolute atomic E-state index is 6.57. The van der Waals surface area contributed by atoms with Crippen molar-refractivity contribution in [2.45, 2.75) is 0 Å². The van der Waals surface area contributed by atoms with Crippen LogP contribution in [0.3, 0.4) is 0 Å². The molecule has 14 aromatic carbocycles. The van der Waals surface area contributed by atoms with Gasteiger partial charge in [-0.05, 0) is 166 Å². The quantitative estimate of drug-likeness (QED) is 0.165. The van der Waals surface area contributed by atoms with E-state index in [1.165, 1.54) is 137 Å². The molecule has 0 spiro atoms. The standard InChI is InChI=1S/C80H44B2N4O2/c1-2-14-48-37-54(29-26-45(48)12-1)83-68-31-28-47-13-5-6-17-56(47)76(68)82-78-71(83)44-73-61(33-35-88-73)75(78)64-40-53(39-63-58-19-8-10-23-67(58)86(82)80(63)64)51-25-24-46-27-30-55(38-52(46)36-51)84-69-42-50-16-4-3-15-49(50)41-65(69)81-77-70(84)43-72-60(32-34-87-72)74(77)62-21-11-20-59-57-18-7-9-22-66(57)85(81)79(59)62/h1-44H. The van der Waals surface area contributed by atoms with E-state index in [0.717, 1.165) is 61.2 Å². The summed E-state index contributed by atoms with van der Waals surface area (Å²) in [5.74, 6) is 0. The van der Waals surface area contributed by atoms with E-state index in [2.05, 4.69) is 274 Å². The molecule has 4 aliphatic heterocycles. The zero-order chi connectivity index (χ0) is 56.8. The zero-order valence-electron chi connectivity index (χ0n) is 47.2. The second-order valence-electron chi connectivity index (χ2n) is 24.7. The predicted molar refractivity (Wildman–Crippen MR) is 369 cm³/mol. The maximum atomic E-state index is 6.57. The minimum atomic E-state index is -0.132. The van der Waals surface area contributed by atoms with Gasteiger partial charge in [0, 0.05) is 112 Å². The molecule has 4 aliphatic rings. The number of hydrogen-bond donors (Lipinski definition) is 0. The first-order valence-electron chi connectivity index (χ1n) is 30.5. The molecule has 88 heavy (non-hydrogen) atoms. The van der Waals surface area contributed by atoms with E-state index in [-0.39, 0.29) is 13.7 Å². The Morgan fingerprint density at radius 1 is 0.284 bits per heavy atom. The average Bonchev–Trinajstić information content (AvgIpc) is 1.40. The van der Waals surface area contributed by atoms with Crippen LogP contribution in [0.25, 0.3) is 142 Å². The van der Waals surface area contributed by atoms with Crippen LogP contribution < -0.4 is 31.7 Å². The number of aromatic nitrogens is 2. The molecule has 0 aliphatic carbocycles. The first kappa shape index (κ1) is 45.9. The third kappa shape index (κ3) is 5.72. The molecule has 0 fully saturated rings. The molecule has 402 valence electrons. The van der Waals surface area contributed by atoms with Crippen LogP contribution in [-0.2, 0) is 0 Å². The molecule has 8 heteroatoms. The lowest BCUT2D eigenvalue weighted by molar-refractivity contribution is 0.615.